The van der Waals surface area contributed by atoms with E-state index in [9.17, 15) is 20.0 Å². The highest BCUT2D eigenvalue weighted by Gasteiger charge is 2.21. The standard InChI is InChI=1S/C9H6N4O4S/c14-5-1-2-7(13(16)17)6(3-5)9(15)11-8-4-10-12-18-8/h1-4,14H,(H,11,15). The smallest absolute Gasteiger partial charge is 0.282 e. The lowest BCUT2D eigenvalue weighted by molar-refractivity contribution is -0.385. The van der Waals surface area contributed by atoms with Crippen molar-refractivity contribution in [1.82, 2.24) is 9.59 Å². The molecule has 0 aliphatic carbocycles. The first-order chi connectivity index (χ1) is 8.58. The van der Waals surface area contributed by atoms with Gasteiger partial charge in [-0.1, -0.05) is 4.49 Å². The van der Waals surface area contributed by atoms with Crippen LogP contribution in [0, 0.1) is 10.1 Å². The molecule has 0 aliphatic rings. The predicted molar refractivity (Wildman–Crippen MR) is 62.6 cm³/mol. The van der Waals surface area contributed by atoms with E-state index < -0.39 is 10.8 Å². The lowest BCUT2D eigenvalue weighted by atomic mass is 10.1. The molecule has 2 N–H and O–H groups in total. The van der Waals surface area contributed by atoms with Gasteiger partial charge >= 0.3 is 0 Å². The van der Waals surface area contributed by atoms with Gasteiger partial charge < -0.3 is 10.4 Å². The van der Waals surface area contributed by atoms with Crippen LogP contribution in [0.2, 0.25) is 0 Å². The van der Waals surface area contributed by atoms with Gasteiger partial charge in [0.05, 0.1) is 11.1 Å². The maximum Gasteiger partial charge on any atom is 0.282 e. The first-order valence-electron chi connectivity index (χ1n) is 4.64. The molecule has 0 atom stereocenters. The highest BCUT2D eigenvalue weighted by atomic mass is 32.1. The third-order valence-electron chi connectivity index (χ3n) is 2.02. The molecule has 1 heterocycles. The summed E-state index contributed by atoms with van der Waals surface area (Å²) in [6.07, 6.45) is 1.32. The van der Waals surface area contributed by atoms with Gasteiger partial charge in [-0.25, -0.2) is 0 Å². The molecule has 0 aliphatic heterocycles. The van der Waals surface area contributed by atoms with E-state index in [0.29, 0.717) is 5.00 Å². The molecular formula is C9H6N4O4S. The Bertz CT molecular complexity index is 599. The van der Waals surface area contributed by atoms with Crippen molar-refractivity contribution in [2.75, 3.05) is 5.32 Å². The average Bonchev–Trinajstić information content (AvgIpc) is 2.81. The van der Waals surface area contributed by atoms with Crippen LogP contribution in [0.3, 0.4) is 0 Å². The van der Waals surface area contributed by atoms with Crippen molar-refractivity contribution in [3.05, 3.63) is 40.1 Å². The van der Waals surface area contributed by atoms with Crippen LogP contribution in [0.1, 0.15) is 10.4 Å². The number of aromatic nitrogens is 2. The fraction of sp³-hybridized carbons (Fsp3) is 0. The minimum Gasteiger partial charge on any atom is -0.508 e. The van der Waals surface area contributed by atoms with Crippen LogP contribution in [-0.4, -0.2) is 25.5 Å². The number of nitro groups is 1. The number of phenols is 1. The molecule has 0 spiro atoms. The van der Waals surface area contributed by atoms with E-state index in [2.05, 4.69) is 14.9 Å². The number of amides is 1. The monoisotopic (exact) mass is 266 g/mol. The van der Waals surface area contributed by atoms with Crippen LogP contribution >= 0.6 is 11.5 Å². The largest absolute Gasteiger partial charge is 0.508 e. The Labute approximate surface area is 104 Å². The van der Waals surface area contributed by atoms with Gasteiger partial charge in [0, 0.05) is 17.6 Å². The summed E-state index contributed by atoms with van der Waals surface area (Å²) in [4.78, 5) is 21.9. The number of nitro benzene ring substituents is 1. The Kier molecular flexibility index (Phi) is 3.15. The number of rotatable bonds is 3. The van der Waals surface area contributed by atoms with Crippen LogP contribution in [0.15, 0.2) is 24.4 Å². The molecule has 0 saturated carbocycles. The molecule has 92 valence electrons. The molecule has 2 aromatic rings. The number of phenolic OH excluding ortho intramolecular Hbond substituents is 1. The van der Waals surface area contributed by atoms with Crippen LogP contribution < -0.4 is 5.32 Å². The summed E-state index contributed by atoms with van der Waals surface area (Å²) >= 11 is 0.939. The van der Waals surface area contributed by atoms with E-state index in [4.69, 9.17) is 0 Å². The number of hydrogen-bond donors (Lipinski definition) is 2. The number of anilines is 1. The van der Waals surface area contributed by atoms with E-state index in [1.54, 1.807) is 0 Å². The van der Waals surface area contributed by atoms with Gasteiger partial charge in [0.15, 0.2) is 0 Å². The summed E-state index contributed by atoms with van der Waals surface area (Å²) in [5.41, 5.74) is -0.615. The van der Waals surface area contributed by atoms with Crippen LogP contribution in [0.5, 0.6) is 5.75 Å². The first kappa shape index (κ1) is 11.9. The van der Waals surface area contributed by atoms with Crippen LogP contribution in [0.4, 0.5) is 10.7 Å². The second-order valence-corrected chi connectivity index (χ2v) is 3.98. The Hall–Kier alpha value is -2.55. The zero-order valence-corrected chi connectivity index (χ0v) is 9.55. The van der Waals surface area contributed by atoms with E-state index in [1.807, 2.05) is 0 Å². The van der Waals surface area contributed by atoms with Crippen molar-refractivity contribution in [2.24, 2.45) is 0 Å². The number of hydrogen-bond acceptors (Lipinski definition) is 7. The van der Waals surface area contributed by atoms with E-state index in [1.165, 1.54) is 6.20 Å². The van der Waals surface area contributed by atoms with Crippen molar-refractivity contribution in [2.45, 2.75) is 0 Å². The molecular weight excluding hydrogens is 260 g/mol. The lowest BCUT2D eigenvalue weighted by Gasteiger charge is -2.03. The Morgan fingerprint density at radius 2 is 2.28 bits per heavy atom. The maximum absolute atomic E-state index is 11.8. The Morgan fingerprint density at radius 3 is 2.89 bits per heavy atom. The molecule has 0 saturated heterocycles. The van der Waals surface area contributed by atoms with Crippen molar-refractivity contribution in [3.8, 4) is 5.75 Å². The van der Waals surface area contributed by atoms with Crippen molar-refractivity contribution in [1.29, 1.82) is 0 Å². The minimum absolute atomic E-state index is 0.228. The zero-order chi connectivity index (χ0) is 13.1. The summed E-state index contributed by atoms with van der Waals surface area (Å²) in [7, 11) is 0. The highest BCUT2D eigenvalue weighted by molar-refractivity contribution is 7.10. The summed E-state index contributed by atoms with van der Waals surface area (Å²) in [5.74, 6) is -0.933. The Balaban J connectivity index is 2.34. The topological polar surface area (TPSA) is 118 Å². The molecule has 8 nitrogen and oxygen atoms in total. The van der Waals surface area contributed by atoms with Gasteiger partial charge in [0.25, 0.3) is 11.6 Å². The summed E-state index contributed by atoms with van der Waals surface area (Å²) in [6.45, 7) is 0. The molecule has 9 heteroatoms. The molecule has 1 amide bonds. The van der Waals surface area contributed by atoms with E-state index in [-0.39, 0.29) is 17.0 Å². The second-order valence-electron chi connectivity index (χ2n) is 3.19. The zero-order valence-electron chi connectivity index (χ0n) is 8.73. The quantitative estimate of drug-likeness (QED) is 0.640. The summed E-state index contributed by atoms with van der Waals surface area (Å²) < 4.78 is 3.54. The average molecular weight is 266 g/mol. The summed E-state index contributed by atoms with van der Waals surface area (Å²) in [6, 6.07) is 3.24. The van der Waals surface area contributed by atoms with Gasteiger partial charge in [0.2, 0.25) is 0 Å². The first-order valence-corrected chi connectivity index (χ1v) is 5.41. The van der Waals surface area contributed by atoms with Crippen molar-refractivity contribution < 1.29 is 14.8 Å². The van der Waals surface area contributed by atoms with Gasteiger partial charge in [-0.05, 0) is 12.1 Å². The third-order valence-corrected chi connectivity index (χ3v) is 2.60. The third kappa shape index (κ3) is 2.40. The number of benzene rings is 1. The highest BCUT2D eigenvalue weighted by Crippen LogP contribution is 2.24. The van der Waals surface area contributed by atoms with Crippen LogP contribution in [0.25, 0.3) is 0 Å². The molecule has 0 unspecified atom stereocenters. The predicted octanol–water partition coefficient (Wildman–Crippen LogP) is 1.40. The van der Waals surface area contributed by atoms with Gasteiger partial charge in [0.1, 0.15) is 16.3 Å². The van der Waals surface area contributed by atoms with Crippen molar-refractivity contribution >= 4 is 28.1 Å². The fourth-order valence-electron chi connectivity index (χ4n) is 1.27. The van der Waals surface area contributed by atoms with E-state index in [0.717, 1.165) is 29.7 Å². The number of nitrogens with one attached hydrogen (secondary N) is 1. The van der Waals surface area contributed by atoms with E-state index >= 15 is 0 Å². The molecule has 2 rings (SSSR count). The lowest BCUT2D eigenvalue weighted by Crippen LogP contribution is -2.13. The fourth-order valence-corrected chi connectivity index (χ4v) is 1.68. The molecule has 18 heavy (non-hydrogen) atoms. The molecule has 1 aromatic carbocycles. The minimum atomic E-state index is -0.705. The van der Waals surface area contributed by atoms with Gasteiger partial charge in [-0.3, -0.25) is 14.9 Å². The molecule has 1 aromatic heterocycles. The molecule has 0 bridgehead atoms. The Morgan fingerprint density at radius 1 is 1.50 bits per heavy atom. The van der Waals surface area contributed by atoms with Gasteiger partial charge in [-0.2, -0.15) is 0 Å². The van der Waals surface area contributed by atoms with Gasteiger partial charge in [-0.15, -0.1) is 5.10 Å². The number of aromatic hydroxyl groups is 1. The molecule has 0 radical (unpaired) electrons. The maximum atomic E-state index is 11.8. The number of nitrogens with zero attached hydrogens (tertiary/aromatic N) is 3. The second kappa shape index (κ2) is 4.75. The van der Waals surface area contributed by atoms with Crippen molar-refractivity contribution in [3.63, 3.8) is 0 Å². The number of carbonyl (C=O) groups is 1. The number of carbonyl (C=O) groups excluding carboxylic acids is 1. The SMILES string of the molecule is O=C(Nc1cnns1)c1cc(O)ccc1[N+](=O)[O-]. The molecule has 0 fully saturated rings. The normalized spacial score (nSPS) is 10.0. The summed E-state index contributed by atoms with van der Waals surface area (Å²) in [5, 5.41) is 26.3. The van der Waals surface area contributed by atoms with Crippen LogP contribution in [-0.2, 0) is 0 Å².